The molecule has 0 spiro atoms. The Morgan fingerprint density at radius 2 is 1.90 bits per heavy atom. The molecule has 21 heavy (non-hydrogen) atoms. The molecule has 0 aliphatic rings. The zero-order valence-electron chi connectivity index (χ0n) is 10.8. The van der Waals surface area contributed by atoms with E-state index in [1.54, 1.807) is 11.0 Å². The molecule has 0 aliphatic heterocycles. The van der Waals surface area contributed by atoms with Gasteiger partial charge in [-0.3, -0.25) is 0 Å². The summed E-state index contributed by atoms with van der Waals surface area (Å²) in [5, 5.41) is 4.36. The average Bonchev–Trinajstić information content (AvgIpc) is 2.91. The molecule has 1 heterocycles. The van der Waals surface area contributed by atoms with Crippen LogP contribution in [0.25, 0.3) is 11.4 Å². The molecule has 1 aromatic heterocycles. The van der Waals surface area contributed by atoms with Crippen LogP contribution in [0.1, 0.15) is 5.56 Å². The predicted molar refractivity (Wildman–Crippen MR) is 83.6 cm³/mol. The van der Waals surface area contributed by atoms with Gasteiger partial charge in [0.1, 0.15) is 6.33 Å². The van der Waals surface area contributed by atoms with Gasteiger partial charge in [0.15, 0.2) is 17.5 Å². The summed E-state index contributed by atoms with van der Waals surface area (Å²) in [6.45, 7) is 0.341. The lowest BCUT2D eigenvalue weighted by Gasteiger charge is -2.02. The minimum absolute atomic E-state index is 0.341. The minimum Gasteiger partial charge on any atom is -0.248 e. The van der Waals surface area contributed by atoms with Gasteiger partial charge in [-0.15, -0.1) is 0 Å². The smallest absolute Gasteiger partial charge is 0.181 e. The molecule has 0 fully saturated rings. The number of aromatic nitrogens is 3. The number of benzene rings is 2. The third-order valence-corrected chi connectivity index (χ3v) is 3.62. The van der Waals surface area contributed by atoms with E-state index in [4.69, 9.17) is 0 Å². The highest BCUT2D eigenvalue weighted by atomic mass is 127. The van der Waals surface area contributed by atoms with Crippen molar-refractivity contribution < 1.29 is 8.78 Å². The maximum atomic E-state index is 13.2. The Balaban J connectivity index is 1.83. The second-order valence-corrected chi connectivity index (χ2v) is 5.77. The van der Waals surface area contributed by atoms with Crippen LogP contribution in [0, 0.1) is 15.2 Å². The monoisotopic (exact) mass is 397 g/mol. The quantitative estimate of drug-likeness (QED) is 0.629. The largest absolute Gasteiger partial charge is 0.248 e. The fourth-order valence-corrected chi connectivity index (χ4v) is 2.50. The lowest BCUT2D eigenvalue weighted by atomic mass is 10.2. The summed E-state index contributed by atoms with van der Waals surface area (Å²) in [7, 11) is 0. The van der Waals surface area contributed by atoms with Crippen molar-refractivity contribution in [2.24, 2.45) is 0 Å². The molecule has 3 rings (SSSR count). The standard InChI is InChI=1S/C15H10F2IN3/c16-13-5-4-10(6-14(13)17)8-21-9-19-15(20-21)11-2-1-3-12(18)7-11/h1-7,9H,8H2. The molecule has 3 nitrogen and oxygen atoms in total. The zero-order chi connectivity index (χ0) is 14.8. The van der Waals surface area contributed by atoms with Gasteiger partial charge in [-0.05, 0) is 52.4 Å². The molecule has 0 unspecified atom stereocenters. The van der Waals surface area contributed by atoms with Gasteiger partial charge < -0.3 is 0 Å². The molecule has 6 heteroatoms. The van der Waals surface area contributed by atoms with E-state index in [-0.39, 0.29) is 0 Å². The van der Waals surface area contributed by atoms with Gasteiger partial charge >= 0.3 is 0 Å². The molecule has 0 atom stereocenters. The number of hydrogen-bond donors (Lipinski definition) is 0. The molecule has 0 amide bonds. The molecule has 0 saturated carbocycles. The van der Waals surface area contributed by atoms with Crippen LogP contribution in [-0.4, -0.2) is 14.8 Å². The Labute approximate surface area is 133 Å². The summed E-state index contributed by atoms with van der Waals surface area (Å²) in [4.78, 5) is 4.24. The summed E-state index contributed by atoms with van der Waals surface area (Å²) in [6, 6.07) is 11.7. The normalized spacial score (nSPS) is 10.8. The topological polar surface area (TPSA) is 30.7 Å². The van der Waals surface area contributed by atoms with Crippen LogP contribution in [0.2, 0.25) is 0 Å². The Bertz CT molecular complexity index is 786. The van der Waals surface area contributed by atoms with E-state index in [1.807, 2.05) is 24.3 Å². The zero-order valence-corrected chi connectivity index (χ0v) is 13.0. The molecule has 2 aromatic carbocycles. The fourth-order valence-electron chi connectivity index (χ4n) is 1.96. The molecular weight excluding hydrogens is 387 g/mol. The summed E-state index contributed by atoms with van der Waals surface area (Å²) in [6.07, 6.45) is 1.58. The van der Waals surface area contributed by atoms with E-state index in [0.717, 1.165) is 15.2 Å². The van der Waals surface area contributed by atoms with Crippen molar-refractivity contribution in [3.63, 3.8) is 0 Å². The summed E-state index contributed by atoms with van der Waals surface area (Å²) >= 11 is 2.22. The Hall–Kier alpha value is -1.83. The molecule has 3 aromatic rings. The molecular formula is C15H10F2IN3. The molecule has 0 aliphatic carbocycles. The van der Waals surface area contributed by atoms with Crippen LogP contribution >= 0.6 is 22.6 Å². The molecule has 0 bridgehead atoms. The van der Waals surface area contributed by atoms with Gasteiger partial charge in [0.2, 0.25) is 0 Å². The second-order valence-electron chi connectivity index (χ2n) is 4.52. The van der Waals surface area contributed by atoms with Crippen molar-refractivity contribution in [1.82, 2.24) is 14.8 Å². The van der Waals surface area contributed by atoms with Crippen molar-refractivity contribution in [1.29, 1.82) is 0 Å². The summed E-state index contributed by atoms with van der Waals surface area (Å²) in [5.74, 6) is -1.10. The number of halogens is 3. The molecule has 0 radical (unpaired) electrons. The maximum Gasteiger partial charge on any atom is 0.181 e. The molecule has 106 valence electrons. The van der Waals surface area contributed by atoms with Crippen molar-refractivity contribution >= 4 is 22.6 Å². The minimum atomic E-state index is -0.856. The highest BCUT2D eigenvalue weighted by Gasteiger charge is 2.07. The van der Waals surface area contributed by atoms with Crippen molar-refractivity contribution in [3.05, 3.63) is 69.6 Å². The molecule has 0 N–H and O–H groups in total. The molecule has 0 saturated heterocycles. The SMILES string of the molecule is Fc1ccc(Cn2cnc(-c3cccc(I)c3)n2)cc1F. The van der Waals surface area contributed by atoms with Crippen LogP contribution in [0.3, 0.4) is 0 Å². The Morgan fingerprint density at radius 1 is 1.05 bits per heavy atom. The Morgan fingerprint density at radius 3 is 2.67 bits per heavy atom. The number of nitrogens with zero attached hydrogens (tertiary/aromatic N) is 3. The van der Waals surface area contributed by atoms with E-state index in [0.29, 0.717) is 17.9 Å². The average molecular weight is 397 g/mol. The van der Waals surface area contributed by atoms with Gasteiger partial charge in [0.05, 0.1) is 6.54 Å². The lowest BCUT2D eigenvalue weighted by Crippen LogP contribution is -2.01. The van der Waals surface area contributed by atoms with Gasteiger partial charge in [0.25, 0.3) is 0 Å². The third-order valence-electron chi connectivity index (χ3n) is 2.95. The number of hydrogen-bond acceptors (Lipinski definition) is 2. The van der Waals surface area contributed by atoms with Crippen molar-refractivity contribution in [2.75, 3.05) is 0 Å². The van der Waals surface area contributed by atoms with E-state index < -0.39 is 11.6 Å². The van der Waals surface area contributed by atoms with E-state index in [2.05, 4.69) is 32.7 Å². The Kier molecular flexibility index (Phi) is 3.96. The van der Waals surface area contributed by atoms with Crippen LogP contribution < -0.4 is 0 Å². The second kappa shape index (κ2) is 5.88. The van der Waals surface area contributed by atoms with E-state index >= 15 is 0 Å². The summed E-state index contributed by atoms with van der Waals surface area (Å²) in [5.41, 5.74) is 1.55. The van der Waals surface area contributed by atoms with Crippen LogP contribution in [0.4, 0.5) is 8.78 Å². The highest BCUT2D eigenvalue weighted by Crippen LogP contribution is 2.17. The first kappa shape index (κ1) is 14.1. The lowest BCUT2D eigenvalue weighted by molar-refractivity contribution is 0.506. The van der Waals surface area contributed by atoms with Crippen molar-refractivity contribution in [3.8, 4) is 11.4 Å². The van der Waals surface area contributed by atoms with Gasteiger partial charge in [0, 0.05) is 9.13 Å². The highest BCUT2D eigenvalue weighted by molar-refractivity contribution is 14.1. The van der Waals surface area contributed by atoms with Crippen LogP contribution in [-0.2, 0) is 6.54 Å². The first-order valence-electron chi connectivity index (χ1n) is 6.21. The van der Waals surface area contributed by atoms with E-state index in [9.17, 15) is 8.78 Å². The van der Waals surface area contributed by atoms with Gasteiger partial charge in [-0.25, -0.2) is 18.4 Å². The fraction of sp³-hybridized carbons (Fsp3) is 0.0667. The van der Waals surface area contributed by atoms with E-state index in [1.165, 1.54) is 12.1 Å². The van der Waals surface area contributed by atoms with Gasteiger partial charge in [-0.2, -0.15) is 5.10 Å². The maximum absolute atomic E-state index is 13.2. The van der Waals surface area contributed by atoms with Crippen molar-refractivity contribution in [2.45, 2.75) is 6.54 Å². The first-order valence-corrected chi connectivity index (χ1v) is 7.29. The van der Waals surface area contributed by atoms with Gasteiger partial charge in [-0.1, -0.05) is 18.2 Å². The summed E-state index contributed by atoms with van der Waals surface area (Å²) < 4.78 is 28.8. The third kappa shape index (κ3) is 3.26. The number of rotatable bonds is 3. The van der Waals surface area contributed by atoms with Crippen LogP contribution in [0.5, 0.6) is 0 Å². The first-order chi connectivity index (χ1) is 10.1. The van der Waals surface area contributed by atoms with Crippen LogP contribution in [0.15, 0.2) is 48.8 Å². The predicted octanol–water partition coefficient (Wildman–Crippen LogP) is 3.88.